The van der Waals surface area contributed by atoms with Gasteiger partial charge in [-0.15, -0.1) is 0 Å². The third kappa shape index (κ3) is 4.06. The molecule has 1 aromatic carbocycles. The lowest BCUT2D eigenvalue weighted by Gasteiger charge is -2.35. The number of piperazine rings is 1. The van der Waals surface area contributed by atoms with Gasteiger partial charge in [0.05, 0.1) is 14.2 Å². The second kappa shape index (κ2) is 8.14. The van der Waals surface area contributed by atoms with E-state index >= 15 is 0 Å². The summed E-state index contributed by atoms with van der Waals surface area (Å²) in [6.45, 7) is 3.42. The number of hydrogen-bond donors (Lipinski definition) is 1. The summed E-state index contributed by atoms with van der Waals surface area (Å²) in [5.41, 5.74) is 1.18. The van der Waals surface area contributed by atoms with Crippen LogP contribution in [0.5, 0.6) is 11.5 Å². The fourth-order valence-corrected chi connectivity index (χ4v) is 3.81. The summed E-state index contributed by atoms with van der Waals surface area (Å²) in [6, 6.07) is 7.82. The molecule has 1 N–H and O–H groups in total. The molecule has 2 aromatic rings. The normalized spacial score (nSPS) is 17.6. The summed E-state index contributed by atoms with van der Waals surface area (Å²) in [4.78, 5) is 25.2. The van der Waals surface area contributed by atoms with Gasteiger partial charge in [-0.25, -0.2) is 14.8 Å². The van der Waals surface area contributed by atoms with E-state index in [-0.39, 0.29) is 11.4 Å². The minimum absolute atomic E-state index is 0.00505. The Morgan fingerprint density at radius 2 is 1.76 bits per heavy atom. The number of urea groups is 1. The summed E-state index contributed by atoms with van der Waals surface area (Å²) in [6.07, 6.45) is 5.60. The van der Waals surface area contributed by atoms with Gasteiger partial charge in [0, 0.05) is 50.5 Å². The topological polar surface area (TPSA) is 79.8 Å². The summed E-state index contributed by atoms with van der Waals surface area (Å²) in [5, 5.41) is 3.14. The predicted molar refractivity (Wildman–Crippen MR) is 110 cm³/mol. The first-order valence-electron chi connectivity index (χ1n) is 9.92. The Bertz CT molecular complexity index is 849. The number of nitrogens with zero attached hydrogens (tertiary/aromatic N) is 4. The van der Waals surface area contributed by atoms with Crippen molar-refractivity contribution in [1.29, 1.82) is 0 Å². The van der Waals surface area contributed by atoms with E-state index in [9.17, 15) is 4.79 Å². The van der Waals surface area contributed by atoms with Gasteiger partial charge in [-0.05, 0) is 36.6 Å². The number of ether oxygens (including phenoxy) is 2. The first-order valence-corrected chi connectivity index (χ1v) is 9.92. The van der Waals surface area contributed by atoms with Crippen LogP contribution in [0.2, 0.25) is 0 Å². The van der Waals surface area contributed by atoms with E-state index in [4.69, 9.17) is 9.47 Å². The molecule has 8 heteroatoms. The van der Waals surface area contributed by atoms with E-state index in [0.29, 0.717) is 19.6 Å². The zero-order chi connectivity index (χ0) is 20.3. The fourth-order valence-electron chi connectivity index (χ4n) is 3.81. The second-order valence-electron chi connectivity index (χ2n) is 7.53. The van der Waals surface area contributed by atoms with Crippen LogP contribution in [0, 0.1) is 0 Å². The molecule has 1 aliphatic carbocycles. The first-order chi connectivity index (χ1) is 14.1. The number of hydrogen-bond acceptors (Lipinski definition) is 6. The molecule has 2 fully saturated rings. The van der Waals surface area contributed by atoms with Gasteiger partial charge < -0.3 is 24.6 Å². The van der Waals surface area contributed by atoms with E-state index in [1.165, 1.54) is 5.56 Å². The van der Waals surface area contributed by atoms with E-state index in [1.807, 2.05) is 17.0 Å². The largest absolute Gasteiger partial charge is 0.493 e. The SMILES string of the molecule is COc1ccc(C2(CNC(=O)N3CCN(c4ncccn4)CC3)CC2)cc1OC. The van der Waals surface area contributed by atoms with Crippen molar-refractivity contribution in [1.82, 2.24) is 20.2 Å². The number of carbonyl (C=O) groups is 1. The first kappa shape index (κ1) is 19.3. The van der Waals surface area contributed by atoms with Crippen molar-refractivity contribution in [3.63, 3.8) is 0 Å². The molecule has 0 atom stereocenters. The monoisotopic (exact) mass is 397 g/mol. The number of amides is 2. The molecule has 29 heavy (non-hydrogen) atoms. The predicted octanol–water partition coefficient (Wildman–Crippen LogP) is 2.06. The quantitative estimate of drug-likeness (QED) is 0.804. The Labute approximate surface area is 170 Å². The lowest BCUT2D eigenvalue weighted by Crippen LogP contribution is -2.53. The lowest BCUT2D eigenvalue weighted by atomic mass is 9.95. The highest BCUT2D eigenvalue weighted by Gasteiger charge is 2.45. The molecule has 1 aliphatic heterocycles. The van der Waals surface area contributed by atoms with Crippen molar-refractivity contribution < 1.29 is 14.3 Å². The minimum atomic E-state index is -0.00891. The van der Waals surface area contributed by atoms with Crippen LogP contribution in [-0.4, -0.2) is 67.8 Å². The number of anilines is 1. The van der Waals surface area contributed by atoms with Crippen LogP contribution >= 0.6 is 0 Å². The molecule has 0 unspecified atom stereocenters. The number of rotatable bonds is 6. The molecule has 2 aliphatic rings. The molecule has 1 aromatic heterocycles. The van der Waals surface area contributed by atoms with Gasteiger partial charge in [0.2, 0.25) is 5.95 Å². The maximum Gasteiger partial charge on any atom is 0.317 e. The molecule has 4 rings (SSSR count). The van der Waals surface area contributed by atoms with E-state index in [0.717, 1.165) is 43.4 Å². The van der Waals surface area contributed by atoms with Gasteiger partial charge in [0.25, 0.3) is 0 Å². The number of benzene rings is 1. The highest BCUT2D eigenvalue weighted by atomic mass is 16.5. The molecule has 154 valence electrons. The maximum absolute atomic E-state index is 12.7. The molecule has 1 saturated heterocycles. The Kier molecular flexibility index (Phi) is 5.42. The fraction of sp³-hybridized carbons (Fsp3) is 0.476. The number of nitrogens with one attached hydrogen (secondary N) is 1. The van der Waals surface area contributed by atoms with Gasteiger partial charge >= 0.3 is 6.03 Å². The minimum Gasteiger partial charge on any atom is -0.493 e. The van der Waals surface area contributed by atoms with Crippen molar-refractivity contribution in [2.45, 2.75) is 18.3 Å². The van der Waals surface area contributed by atoms with Gasteiger partial charge in [-0.3, -0.25) is 0 Å². The molecule has 8 nitrogen and oxygen atoms in total. The zero-order valence-electron chi connectivity index (χ0n) is 16.9. The summed E-state index contributed by atoms with van der Waals surface area (Å²) in [5.74, 6) is 2.16. The van der Waals surface area contributed by atoms with Crippen LogP contribution in [0.1, 0.15) is 18.4 Å². The molecule has 0 radical (unpaired) electrons. The van der Waals surface area contributed by atoms with Gasteiger partial charge in [-0.1, -0.05) is 6.07 Å². The van der Waals surface area contributed by atoms with Crippen molar-refractivity contribution >= 4 is 12.0 Å². The Hall–Kier alpha value is -3.03. The van der Waals surface area contributed by atoms with Crippen molar-refractivity contribution in [2.75, 3.05) is 51.8 Å². The van der Waals surface area contributed by atoms with Gasteiger partial charge in [0.1, 0.15) is 0 Å². The van der Waals surface area contributed by atoms with Crippen LogP contribution in [-0.2, 0) is 5.41 Å². The van der Waals surface area contributed by atoms with Crippen LogP contribution in [0.3, 0.4) is 0 Å². The average Bonchev–Trinajstić information content (AvgIpc) is 3.59. The number of aromatic nitrogens is 2. The third-order valence-corrected chi connectivity index (χ3v) is 5.83. The maximum atomic E-state index is 12.7. The van der Waals surface area contributed by atoms with Crippen LogP contribution in [0.15, 0.2) is 36.7 Å². The van der Waals surface area contributed by atoms with E-state index < -0.39 is 0 Å². The Balaban J connectivity index is 1.32. The lowest BCUT2D eigenvalue weighted by molar-refractivity contribution is 0.193. The number of methoxy groups -OCH3 is 2. The highest BCUT2D eigenvalue weighted by Crippen LogP contribution is 2.49. The molecule has 0 spiro atoms. The second-order valence-corrected chi connectivity index (χ2v) is 7.53. The summed E-state index contributed by atoms with van der Waals surface area (Å²) < 4.78 is 10.8. The molecule has 0 bridgehead atoms. The average molecular weight is 397 g/mol. The van der Waals surface area contributed by atoms with Crippen molar-refractivity contribution in [3.05, 3.63) is 42.2 Å². The third-order valence-electron chi connectivity index (χ3n) is 5.83. The number of carbonyl (C=O) groups excluding carboxylic acids is 1. The Morgan fingerprint density at radius 1 is 1.07 bits per heavy atom. The standard InChI is InChI=1S/C21H27N5O3/c1-28-17-5-4-16(14-18(17)29-2)21(6-7-21)15-24-20(27)26-12-10-25(11-13-26)19-22-8-3-9-23-19/h3-5,8-9,14H,6-7,10-13,15H2,1-2H3,(H,24,27). The van der Waals surface area contributed by atoms with Crippen LogP contribution in [0.4, 0.5) is 10.7 Å². The summed E-state index contributed by atoms with van der Waals surface area (Å²) in [7, 11) is 3.28. The van der Waals surface area contributed by atoms with Crippen LogP contribution < -0.4 is 19.7 Å². The van der Waals surface area contributed by atoms with Crippen molar-refractivity contribution in [2.24, 2.45) is 0 Å². The van der Waals surface area contributed by atoms with Crippen molar-refractivity contribution in [3.8, 4) is 11.5 Å². The van der Waals surface area contributed by atoms with Crippen LogP contribution in [0.25, 0.3) is 0 Å². The molecule has 2 amide bonds. The summed E-state index contributed by atoms with van der Waals surface area (Å²) >= 11 is 0. The van der Waals surface area contributed by atoms with E-state index in [2.05, 4.69) is 26.3 Å². The molecule has 2 heterocycles. The Morgan fingerprint density at radius 3 is 2.38 bits per heavy atom. The molecular weight excluding hydrogens is 370 g/mol. The smallest absolute Gasteiger partial charge is 0.317 e. The zero-order valence-corrected chi connectivity index (χ0v) is 16.9. The van der Waals surface area contributed by atoms with E-state index in [1.54, 1.807) is 32.7 Å². The van der Waals surface area contributed by atoms with Gasteiger partial charge in [-0.2, -0.15) is 0 Å². The highest BCUT2D eigenvalue weighted by molar-refractivity contribution is 5.74. The molecule has 1 saturated carbocycles. The van der Waals surface area contributed by atoms with Gasteiger partial charge in [0.15, 0.2) is 11.5 Å². The molecular formula is C21H27N5O3.